The van der Waals surface area contributed by atoms with Crippen LogP contribution >= 0.6 is 21.6 Å². The van der Waals surface area contributed by atoms with Crippen LogP contribution in [0.4, 0.5) is 0 Å². The van der Waals surface area contributed by atoms with E-state index in [4.69, 9.17) is 5.53 Å². The van der Waals surface area contributed by atoms with Crippen LogP contribution in [0, 0.1) is 0 Å². The molecule has 0 saturated carbocycles. The molecule has 6 heteroatoms. The Morgan fingerprint density at radius 1 is 1.50 bits per heavy atom. The summed E-state index contributed by atoms with van der Waals surface area (Å²) in [4.78, 5) is 6.86. The molecule has 0 spiro atoms. The summed E-state index contributed by atoms with van der Waals surface area (Å²) in [5, 5.41) is 4.47. The molecule has 0 fully saturated rings. The van der Waals surface area contributed by atoms with Crippen molar-refractivity contribution in [3.63, 3.8) is 0 Å². The van der Waals surface area contributed by atoms with Crippen molar-refractivity contribution in [3.05, 3.63) is 34.8 Å². The van der Waals surface area contributed by atoms with Gasteiger partial charge in [0, 0.05) is 23.4 Å². The molecule has 1 heterocycles. The second kappa shape index (κ2) is 7.55. The molecule has 0 unspecified atom stereocenters. The monoisotopic (exact) mass is 226 g/mol. The van der Waals surface area contributed by atoms with Gasteiger partial charge in [0.25, 0.3) is 0 Å². The summed E-state index contributed by atoms with van der Waals surface area (Å²) in [5.41, 5.74) is 8.04. The Balaban J connectivity index is 2.07. The Labute approximate surface area is 90.5 Å². The number of nitrogens with zero attached hydrogens (tertiary/aromatic N) is 4. The van der Waals surface area contributed by atoms with Gasteiger partial charge in [-0.3, -0.25) is 0 Å². The van der Waals surface area contributed by atoms with Crippen molar-refractivity contribution in [3.8, 4) is 0 Å². The standard InChI is InChI=1S/C8H10N4S2/c9-12-11-6-3-7-13-14-8-4-1-2-5-10-8/h1-2,4-5H,3,6-7H2. The molecule has 0 bridgehead atoms. The number of aromatic nitrogens is 1. The molecule has 0 aliphatic carbocycles. The molecule has 1 aromatic rings. The first kappa shape index (κ1) is 11.2. The minimum atomic E-state index is 0.576. The van der Waals surface area contributed by atoms with E-state index in [1.807, 2.05) is 18.2 Å². The van der Waals surface area contributed by atoms with Crippen LogP contribution in [0.25, 0.3) is 10.4 Å². The lowest BCUT2D eigenvalue weighted by Gasteiger charge is -1.97. The number of hydrogen-bond acceptors (Lipinski definition) is 4. The summed E-state index contributed by atoms with van der Waals surface area (Å²) in [6, 6.07) is 5.84. The van der Waals surface area contributed by atoms with E-state index in [1.165, 1.54) is 0 Å². The lowest BCUT2D eigenvalue weighted by atomic mass is 10.5. The van der Waals surface area contributed by atoms with Gasteiger partial charge in [-0.2, -0.15) is 0 Å². The summed E-state index contributed by atoms with van der Waals surface area (Å²) >= 11 is 0. The summed E-state index contributed by atoms with van der Waals surface area (Å²) in [7, 11) is 3.38. The highest BCUT2D eigenvalue weighted by molar-refractivity contribution is 8.76. The first-order chi connectivity index (χ1) is 6.93. The molecule has 0 radical (unpaired) electrons. The van der Waals surface area contributed by atoms with Gasteiger partial charge in [0.2, 0.25) is 0 Å². The molecule has 74 valence electrons. The van der Waals surface area contributed by atoms with Crippen molar-refractivity contribution in [1.29, 1.82) is 0 Å². The smallest absolute Gasteiger partial charge is 0.106 e. The molecular weight excluding hydrogens is 216 g/mol. The third kappa shape index (κ3) is 5.01. The number of azide groups is 1. The fraction of sp³-hybridized carbons (Fsp3) is 0.375. The molecule has 14 heavy (non-hydrogen) atoms. The van der Waals surface area contributed by atoms with Crippen molar-refractivity contribution in [2.45, 2.75) is 11.4 Å². The van der Waals surface area contributed by atoms with Crippen molar-refractivity contribution in [1.82, 2.24) is 4.98 Å². The average molecular weight is 226 g/mol. The Bertz CT molecular complexity index is 297. The van der Waals surface area contributed by atoms with Gasteiger partial charge in [-0.1, -0.05) is 22.0 Å². The fourth-order valence-electron chi connectivity index (χ4n) is 0.737. The van der Waals surface area contributed by atoms with Crippen LogP contribution in [0.15, 0.2) is 34.5 Å². The highest BCUT2D eigenvalue weighted by Gasteiger charge is 1.93. The molecule has 0 atom stereocenters. The van der Waals surface area contributed by atoms with Gasteiger partial charge >= 0.3 is 0 Å². The van der Waals surface area contributed by atoms with Crippen LogP contribution in [0.1, 0.15) is 6.42 Å². The van der Waals surface area contributed by atoms with Gasteiger partial charge in [-0.25, -0.2) is 4.98 Å². The zero-order valence-corrected chi connectivity index (χ0v) is 9.17. The predicted molar refractivity (Wildman–Crippen MR) is 61.2 cm³/mol. The van der Waals surface area contributed by atoms with Gasteiger partial charge in [-0.15, -0.1) is 0 Å². The van der Waals surface area contributed by atoms with E-state index in [2.05, 4.69) is 15.0 Å². The highest BCUT2D eigenvalue weighted by atomic mass is 33.1. The normalized spacial score (nSPS) is 9.43. The Kier molecular flexibility index (Phi) is 6.06. The maximum absolute atomic E-state index is 8.04. The summed E-state index contributed by atoms with van der Waals surface area (Å²) < 4.78 is 0. The van der Waals surface area contributed by atoms with E-state index < -0.39 is 0 Å². The third-order valence-corrected chi connectivity index (χ3v) is 3.68. The van der Waals surface area contributed by atoms with Gasteiger partial charge in [0.15, 0.2) is 0 Å². The molecule has 0 N–H and O–H groups in total. The summed E-state index contributed by atoms with van der Waals surface area (Å²) in [6.45, 7) is 0.576. The average Bonchev–Trinajstić information content (AvgIpc) is 2.25. The molecule has 1 rings (SSSR count). The lowest BCUT2D eigenvalue weighted by Crippen LogP contribution is -1.81. The van der Waals surface area contributed by atoms with Gasteiger partial charge in [0.1, 0.15) is 5.03 Å². The van der Waals surface area contributed by atoms with Crippen LogP contribution in [0.2, 0.25) is 0 Å². The van der Waals surface area contributed by atoms with Crippen LogP contribution in [0.3, 0.4) is 0 Å². The van der Waals surface area contributed by atoms with Gasteiger partial charge in [-0.05, 0) is 34.9 Å². The van der Waals surface area contributed by atoms with Crippen LogP contribution in [-0.2, 0) is 0 Å². The third-order valence-electron chi connectivity index (χ3n) is 1.33. The Morgan fingerprint density at radius 3 is 3.14 bits per heavy atom. The summed E-state index contributed by atoms with van der Waals surface area (Å²) in [5.74, 6) is 0.972. The van der Waals surface area contributed by atoms with E-state index in [0.717, 1.165) is 17.2 Å². The van der Waals surface area contributed by atoms with Crippen molar-refractivity contribution in [2.24, 2.45) is 5.11 Å². The Hall–Kier alpha value is -0.840. The van der Waals surface area contributed by atoms with Crippen molar-refractivity contribution < 1.29 is 0 Å². The molecular formula is C8H10N4S2. The van der Waals surface area contributed by atoms with E-state index >= 15 is 0 Å². The van der Waals surface area contributed by atoms with Crippen molar-refractivity contribution >= 4 is 21.6 Å². The maximum Gasteiger partial charge on any atom is 0.106 e. The van der Waals surface area contributed by atoms with E-state index in [9.17, 15) is 0 Å². The quantitative estimate of drug-likeness (QED) is 0.245. The van der Waals surface area contributed by atoms with Crippen molar-refractivity contribution in [2.75, 3.05) is 12.3 Å². The molecule has 4 nitrogen and oxygen atoms in total. The lowest BCUT2D eigenvalue weighted by molar-refractivity contribution is 0.934. The van der Waals surface area contributed by atoms with Gasteiger partial charge < -0.3 is 0 Å². The van der Waals surface area contributed by atoms with E-state index in [-0.39, 0.29) is 0 Å². The first-order valence-electron chi connectivity index (χ1n) is 4.15. The predicted octanol–water partition coefficient (Wildman–Crippen LogP) is 3.52. The van der Waals surface area contributed by atoms with E-state index in [0.29, 0.717) is 6.54 Å². The first-order valence-corrected chi connectivity index (χ1v) is 6.47. The fourth-order valence-corrected chi connectivity index (χ4v) is 2.69. The highest BCUT2D eigenvalue weighted by Crippen LogP contribution is 2.29. The molecule has 0 aliphatic rings. The number of hydrogen-bond donors (Lipinski definition) is 0. The molecule has 0 aliphatic heterocycles. The van der Waals surface area contributed by atoms with Crippen LogP contribution in [-0.4, -0.2) is 17.3 Å². The molecule has 0 amide bonds. The minimum absolute atomic E-state index is 0.576. The number of rotatable bonds is 6. The summed E-state index contributed by atoms with van der Waals surface area (Å²) in [6.07, 6.45) is 2.69. The number of pyridine rings is 1. The van der Waals surface area contributed by atoms with E-state index in [1.54, 1.807) is 27.8 Å². The van der Waals surface area contributed by atoms with Crippen LogP contribution in [0.5, 0.6) is 0 Å². The molecule has 0 saturated heterocycles. The SMILES string of the molecule is [N-]=[N+]=NCCCSSc1ccccn1. The molecule has 0 aromatic carbocycles. The Morgan fingerprint density at radius 2 is 2.43 bits per heavy atom. The topological polar surface area (TPSA) is 61.7 Å². The van der Waals surface area contributed by atoms with Crippen LogP contribution < -0.4 is 0 Å². The zero-order valence-electron chi connectivity index (χ0n) is 7.54. The molecule has 1 aromatic heterocycles. The maximum atomic E-state index is 8.04. The minimum Gasteiger partial charge on any atom is -0.249 e. The second-order valence-corrected chi connectivity index (χ2v) is 4.82. The van der Waals surface area contributed by atoms with Gasteiger partial charge in [0.05, 0.1) is 0 Å². The largest absolute Gasteiger partial charge is 0.249 e. The zero-order chi connectivity index (χ0) is 10.1. The second-order valence-electron chi connectivity index (χ2n) is 2.38.